The van der Waals surface area contributed by atoms with Crippen LogP contribution in [0.15, 0.2) is 0 Å². The average molecular weight is 156 g/mol. The molecule has 0 saturated heterocycles. The highest BCUT2D eigenvalue weighted by atomic mass is 15.2. The number of rotatable bonds is 5. The van der Waals surface area contributed by atoms with Crippen LogP contribution in [0, 0.1) is 7.05 Å². The van der Waals surface area contributed by atoms with Crippen molar-refractivity contribution in [1.82, 2.24) is 10.2 Å². The third kappa shape index (κ3) is 4.38. The Morgan fingerprint density at radius 3 is 1.91 bits per heavy atom. The van der Waals surface area contributed by atoms with Gasteiger partial charge in [-0.15, -0.1) is 0 Å². The fourth-order valence-electron chi connectivity index (χ4n) is 1.31. The molecule has 0 aliphatic rings. The molecular formula is C9H20N2. The van der Waals surface area contributed by atoms with Gasteiger partial charge >= 0.3 is 0 Å². The van der Waals surface area contributed by atoms with Gasteiger partial charge in [0, 0.05) is 32.2 Å². The van der Waals surface area contributed by atoms with E-state index in [2.05, 4.69) is 37.9 Å². The minimum atomic E-state index is 0.600. The van der Waals surface area contributed by atoms with Gasteiger partial charge < -0.3 is 5.32 Å². The molecule has 0 aromatic rings. The minimum Gasteiger partial charge on any atom is -0.310 e. The Labute approximate surface area is 71.0 Å². The van der Waals surface area contributed by atoms with Crippen molar-refractivity contribution >= 4 is 0 Å². The first kappa shape index (κ1) is 10.9. The fourth-order valence-corrected chi connectivity index (χ4v) is 1.31. The van der Waals surface area contributed by atoms with Gasteiger partial charge in [0.15, 0.2) is 0 Å². The van der Waals surface area contributed by atoms with Gasteiger partial charge in [-0.05, 0) is 27.7 Å². The largest absolute Gasteiger partial charge is 0.310 e. The molecule has 2 radical (unpaired) electrons. The first-order chi connectivity index (χ1) is 5.09. The van der Waals surface area contributed by atoms with Gasteiger partial charge in [-0.2, -0.15) is 0 Å². The normalized spacial score (nSPS) is 12.0. The van der Waals surface area contributed by atoms with Crippen molar-refractivity contribution < 1.29 is 0 Å². The Bertz CT molecular complexity index is 81.6. The van der Waals surface area contributed by atoms with Gasteiger partial charge in [-0.3, -0.25) is 4.90 Å². The highest BCUT2D eigenvalue weighted by Gasteiger charge is 2.11. The summed E-state index contributed by atoms with van der Waals surface area (Å²) in [6.07, 6.45) is 0. The molecule has 2 nitrogen and oxygen atoms in total. The van der Waals surface area contributed by atoms with Crippen molar-refractivity contribution in [2.75, 3.05) is 13.1 Å². The maximum Gasteiger partial charge on any atom is 0.0408 e. The Balaban J connectivity index is 3.70. The Kier molecular flexibility index (Phi) is 5.51. The van der Waals surface area contributed by atoms with E-state index in [1.54, 1.807) is 0 Å². The lowest BCUT2D eigenvalue weighted by Gasteiger charge is -2.30. The molecule has 66 valence electrons. The van der Waals surface area contributed by atoms with Crippen LogP contribution < -0.4 is 5.32 Å². The zero-order chi connectivity index (χ0) is 8.85. The van der Waals surface area contributed by atoms with Crippen LogP contribution in [0.2, 0.25) is 0 Å². The highest BCUT2D eigenvalue weighted by Crippen LogP contribution is 2.02. The average Bonchev–Trinajstić information content (AvgIpc) is 1.87. The van der Waals surface area contributed by atoms with Gasteiger partial charge in [-0.25, -0.2) is 0 Å². The van der Waals surface area contributed by atoms with E-state index in [0.717, 1.165) is 13.1 Å². The summed E-state index contributed by atoms with van der Waals surface area (Å²) in [4.78, 5) is 2.40. The number of nitrogens with one attached hydrogen (secondary N) is 1. The van der Waals surface area contributed by atoms with Crippen molar-refractivity contribution in [1.29, 1.82) is 0 Å². The minimum absolute atomic E-state index is 0.600. The second-order valence-electron chi connectivity index (χ2n) is 3.38. The molecule has 1 N–H and O–H groups in total. The molecule has 0 bridgehead atoms. The lowest BCUT2D eigenvalue weighted by atomic mass is 10.2. The summed E-state index contributed by atoms with van der Waals surface area (Å²) in [7, 11) is 5.20. The Hall–Kier alpha value is -0.0800. The van der Waals surface area contributed by atoms with Crippen molar-refractivity contribution in [2.45, 2.75) is 39.8 Å². The molecule has 2 heteroatoms. The molecule has 0 aliphatic heterocycles. The van der Waals surface area contributed by atoms with Crippen LogP contribution in [0.4, 0.5) is 0 Å². The summed E-state index contributed by atoms with van der Waals surface area (Å²) in [6, 6.07) is 1.20. The van der Waals surface area contributed by atoms with Gasteiger partial charge in [0.25, 0.3) is 0 Å². The summed E-state index contributed by atoms with van der Waals surface area (Å²) >= 11 is 0. The first-order valence-corrected chi connectivity index (χ1v) is 4.28. The van der Waals surface area contributed by atoms with Crippen molar-refractivity contribution in [3.8, 4) is 0 Å². The van der Waals surface area contributed by atoms with Gasteiger partial charge in [0.1, 0.15) is 0 Å². The summed E-state index contributed by atoms with van der Waals surface area (Å²) in [5, 5.41) is 2.67. The smallest absolute Gasteiger partial charge is 0.0408 e. The molecule has 0 fully saturated rings. The molecule has 0 rings (SSSR count). The molecule has 0 heterocycles. The molecular weight excluding hydrogens is 136 g/mol. The van der Waals surface area contributed by atoms with Crippen LogP contribution >= 0.6 is 0 Å². The summed E-state index contributed by atoms with van der Waals surface area (Å²) in [5.41, 5.74) is 0. The third-order valence-corrected chi connectivity index (χ3v) is 1.84. The zero-order valence-electron chi connectivity index (χ0n) is 8.09. The van der Waals surface area contributed by atoms with Crippen LogP contribution in [0.5, 0.6) is 0 Å². The molecule has 0 saturated carbocycles. The Morgan fingerprint density at radius 2 is 1.64 bits per heavy atom. The zero-order valence-corrected chi connectivity index (χ0v) is 8.09. The predicted octanol–water partition coefficient (Wildman–Crippen LogP) is 1.36. The molecule has 0 aromatic carbocycles. The van der Waals surface area contributed by atoms with Gasteiger partial charge in [-0.1, -0.05) is 0 Å². The van der Waals surface area contributed by atoms with E-state index in [4.69, 9.17) is 7.05 Å². The molecule has 11 heavy (non-hydrogen) atoms. The highest BCUT2D eigenvalue weighted by molar-refractivity contribution is 4.67. The van der Waals surface area contributed by atoms with Crippen molar-refractivity contribution in [3.05, 3.63) is 7.05 Å². The quantitative estimate of drug-likeness (QED) is 0.605. The van der Waals surface area contributed by atoms with Crippen molar-refractivity contribution in [3.63, 3.8) is 0 Å². The molecule has 0 aromatic heterocycles. The molecule has 0 atom stereocenters. The molecule has 0 amide bonds. The maximum absolute atomic E-state index is 5.20. The second kappa shape index (κ2) is 5.56. The molecule has 0 aliphatic carbocycles. The Morgan fingerprint density at radius 1 is 1.18 bits per heavy atom. The van der Waals surface area contributed by atoms with E-state index in [1.807, 2.05) is 0 Å². The molecule has 0 unspecified atom stereocenters. The maximum atomic E-state index is 5.20. The lowest BCUT2D eigenvalue weighted by molar-refractivity contribution is 0.178. The SMILES string of the molecule is [CH]NCCN(C(C)C)C(C)C. The van der Waals surface area contributed by atoms with E-state index in [9.17, 15) is 0 Å². The fraction of sp³-hybridized carbons (Fsp3) is 0.889. The van der Waals surface area contributed by atoms with Crippen LogP contribution in [-0.2, 0) is 0 Å². The molecule has 0 spiro atoms. The van der Waals surface area contributed by atoms with Crippen molar-refractivity contribution in [2.24, 2.45) is 0 Å². The van der Waals surface area contributed by atoms with Gasteiger partial charge in [0.05, 0.1) is 0 Å². The monoisotopic (exact) mass is 156 g/mol. The lowest BCUT2D eigenvalue weighted by Crippen LogP contribution is -2.40. The number of hydrogen-bond donors (Lipinski definition) is 1. The standard InChI is InChI=1S/C9H20N2/c1-8(2)11(9(3)4)7-6-10-5/h5,8-10H,6-7H2,1-4H3. The number of hydrogen-bond acceptors (Lipinski definition) is 2. The second-order valence-corrected chi connectivity index (χ2v) is 3.38. The van der Waals surface area contributed by atoms with E-state index >= 15 is 0 Å². The van der Waals surface area contributed by atoms with Gasteiger partial charge in [0.2, 0.25) is 0 Å². The van der Waals surface area contributed by atoms with Crippen LogP contribution in [-0.4, -0.2) is 30.1 Å². The van der Waals surface area contributed by atoms with E-state index in [1.165, 1.54) is 0 Å². The summed E-state index contributed by atoms with van der Waals surface area (Å²) < 4.78 is 0. The summed E-state index contributed by atoms with van der Waals surface area (Å²) in [6.45, 7) is 10.7. The number of nitrogens with zero attached hydrogens (tertiary/aromatic N) is 1. The van der Waals surface area contributed by atoms with Crippen LogP contribution in [0.25, 0.3) is 0 Å². The van der Waals surface area contributed by atoms with Crippen LogP contribution in [0.3, 0.4) is 0 Å². The topological polar surface area (TPSA) is 15.3 Å². The first-order valence-electron chi connectivity index (χ1n) is 4.28. The van der Waals surface area contributed by atoms with E-state index in [0.29, 0.717) is 12.1 Å². The predicted molar refractivity (Wildman–Crippen MR) is 49.3 cm³/mol. The summed E-state index contributed by atoms with van der Waals surface area (Å²) in [5.74, 6) is 0. The van der Waals surface area contributed by atoms with E-state index in [-0.39, 0.29) is 0 Å². The third-order valence-electron chi connectivity index (χ3n) is 1.84. The van der Waals surface area contributed by atoms with Crippen LogP contribution in [0.1, 0.15) is 27.7 Å². The van der Waals surface area contributed by atoms with E-state index < -0.39 is 0 Å².